The molecule has 2 aliphatic rings. The summed E-state index contributed by atoms with van der Waals surface area (Å²) in [7, 11) is 3.66. The molecule has 5 nitrogen and oxygen atoms in total. The number of likely N-dealkylation sites (tertiary alicyclic amines) is 1. The van der Waals surface area contributed by atoms with Gasteiger partial charge in [0.2, 0.25) is 5.91 Å². The van der Waals surface area contributed by atoms with Crippen LogP contribution in [0.4, 0.5) is 0 Å². The van der Waals surface area contributed by atoms with Crippen LogP contribution in [0.2, 0.25) is 0 Å². The SMILES string of the molecule is CN(C)C(=O)C[C@H]1CC2(CCN(Cc3ccoc3)CC2)Oc2ccccc21. The fourth-order valence-corrected chi connectivity index (χ4v) is 4.39. The first-order chi connectivity index (χ1) is 13.0. The predicted molar refractivity (Wildman–Crippen MR) is 104 cm³/mol. The second kappa shape index (κ2) is 7.39. The summed E-state index contributed by atoms with van der Waals surface area (Å²) >= 11 is 0. The van der Waals surface area contributed by atoms with Crippen LogP contribution >= 0.6 is 0 Å². The number of piperidine rings is 1. The highest BCUT2D eigenvalue weighted by molar-refractivity contribution is 5.76. The Balaban J connectivity index is 1.48. The molecule has 1 spiro atoms. The lowest BCUT2D eigenvalue weighted by atomic mass is 9.76. The van der Waals surface area contributed by atoms with E-state index in [4.69, 9.17) is 9.15 Å². The maximum absolute atomic E-state index is 12.4. The lowest BCUT2D eigenvalue weighted by molar-refractivity contribution is -0.129. The van der Waals surface area contributed by atoms with Crippen molar-refractivity contribution in [2.45, 2.75) is 43.7 Å². The van der Waals surface area contributed by atoms with Crippen LogP contribution in [-0.4, -0.2) is 48.5 Å². The van der Waals surface area contributed by atoms with Crippen molar-refractivity contribution in [2.24, 2.45) is 0 Å². The van der Waals surface area contributed by atoms with Gasteiger partial charge < -0.3 is 14.1 Å². The molecule has 4 rings (SSSR count). The molecule has 3 heterocycles. The number of rotatable bonds is 4. The Morgan fingerprint density at radius 1 is 1.22 bits per heavy atom. The second-order valence-corrected chi connectivity index (χ2v) is 8.12. The zero-order valence-corrected chi connectivity index (χ0v) is 16.2. The van der Waals surface area contributed by atoms with Crippen LogP contribution in [0.25, 0.3) is 0 Å². The molecule has 1 aromatic carbocycles. The molecular formula is C22H28N2O3. The number of amides is 1. The standard InChI is InChI=1S/C22H28N2O3/c1-23(2)21(25)13-18-14-22(27-20-6-4-3-5-19(18)20)8-10-24(11-9-22)15-17-7-12-26-16-17/h3-7,12,16,18H,8-11,13-15H2,1-2H3/t18-/m0/s1. The second-order valence-electron chi connectivity index (χ2n) is 8.12. The maximum atomic E-state index is 12.4. The molecule has 0 radical (unpaired) electrons. The van der Waals surface area contributed by atoms with Crippen LogP contribution in [0.3, 0.4) is 0 Å². The fourth-order valence-electron chi connectivity index (χ4n) is 4.39. The van der Waals surface area contributed by atoms with Crippen molar-refractivity contribution < 1.29 is 13.9 Å². The fraction of sp³-hybridized carbons (Fsp3) is 0.500. The molecule has 0 N–H and O–H groups in total. The molecule has 0 unspecified atom stereocenters. The first-order valence-electron chi connectivity index (χ1n) is 9.76. The number of para-hydroxylation sites is 1. The van der Waals surface area contributed by atoms with E-state index < -0.39 is 0 Å². The molecule has 0 aliphatic carbocycles. The highest BCUT2D eigenvalue weighted by Crippen LogP contribution is 2.46. The lowest BCUT2D eigenvalue weighted by Crippen LogP contribution is -2.50. The first kappa shape index (κ1) is 18.1. The molecule has 0 bridgehead atoms. The normalized spacial score (nSPS) is 21.5. The van der Waals surface area contributed by atoms with Crippen LogP contribution in [-0.2, 0) is 11.3 Å². The van der Waals surface area contributed by atoms with E-state index in [9.17, 15) is 4.79 Å². The molecule has 2 aliphatic heterocycles. The number of fused-ring (bicyclic) bond motifs is 1. The summed E-state index contributed by atoms with van der Waals surface area (Å²) in [6.45, 7) is 2.93. The third-order valence-electron chi connectivity index (χ3n) is 5.98. The van der Waals surface area contributed by atoms with Crippen molar-refractivity contribution in [1.82, 2.24) is 9.80 Å². The van der Waals surface area contributed by atoms with Gasteiger partial charge in [0, 0.05) is 51.6 Å². The Morgan fingerprint density at radius 2 is 2.00 bits per heavy atom. The number of ether oxygens (including phenoxy) is 1. The number of hydrogen-bond acceptors (Lipinski definition) is 4. The minimum Gasteiger partial charge on any atom is -0.487 e. The van der Waals surface area contributed by atoms with Crippen LogP contribution in [0.1, 0.15) is 42.7 Å². The molecule has 1 saturated heterocycles. The Bertz CT molecular complexity index is 777. The third kappa shape index (κ3) is 3.88. The summed E-state index contributed by atoms with van der Waals surface area (Å²) in [5.41, 5.74) is 2.24. The molecule has 1 fully saturated rings. The molecule has 27 heavy (non-hydrogen) atoms. The van der Waals surface area contributed by atoms with Crippen LogP contribution in [0.15, 0.2) is 47.3 Å². The summed E-state index contributed by atoms with van der Waals surface area (Å²) in [6.07, 6.45) is 7.00. The van der Waals surface area contributed by atoms with Gasteiger partial charge in [-0.25, -0.2) is 0 Å². The molecule has 1 amide bonds. The van der Waals surface area contributed by atoms with Crippen molar-refractivity contribution in [1.29, 1.82) is 0 Å². The Morgan fingerprint density at radius 3 is 2.70 bits per heavy atom. The number of carbonyl (C=O) groups is 1. The van der Waals surface area contributed by atoms with E-state index in [-0.39, 0.29) is 17.4 Å². The summed E-state index contributed by atoms with van der Waals surface area (Å²) < 4.78 is 11.7. The number of nitrogens with zero attached hydrogens (tertiary/aromatic N) is 2. The third-order valence-corrected chi connectivity index (χ3v) is 5.98. The van der Waals surface area contributed by atoms with Gasteiger partial charge in [0.25, 0.3) is 0 Å². The smallest absolute Gasteiger partial charge is 0.222 e. The lowest BCUT2D eigenvalue weighted by Gasteiger charge is -2.47. The molecule has 1 aromatic heterocycles. The van der Waals surface area contributed by atoms with Crippen molar-refractivity contribution in [3.63, 3.8) is 0 Å². The highest BCUT2D eigenvalue weighted by Gasteiger charge is 2.43. The van der Waals surface area contributed by atoms with Crippen LogP contribution in [0, 0.1) is 0 Å². The minimum absolute atomic E-state index is 0.154. The average Bonchev–Trinajstić information content (AvgIpc) is 3.17. The first-order valence-corrected chi connectivity index (χ1v) is 9.76. The van der Waals surface area contributed by atoms with Crippen molar-refractivity contribution in [3.8, 4) is 5.75 Å². The zero-order valence-electron chi connectivity index (χ0n) is 16.2. The maximum Gasteiger partial charge on any atom is 0.222 e. The van der Waals surface area contributed by atoms with Gasteiger partial charge in [0.05, 0.1) is 12.5 Å². The van der Waals surface area contributed by atoms with E-state index in [1.54, 1.807) is 11.2 Å². The Hall–Kier alpha value is -2.27. The van der Waals surface area contributed by atoms with Crippen LogP contribution < -0.4 is 4.74 Å². The molecule has 0 saturated carbocycles. The van der Waals surface area contributed by atoms with E-state index in [2.05, 4.69) is 17.0 Å². The monoisotopic (exact) mass is 368 g/mol. The van der Waals surface area contributed by atoms with Gasteiger partial charge in [-0.3, -0.25) is 9.69 Å². The van der Waals surface area contributed by atoms with Crippen molar-refractivity contribution >= 4 is 5.91 Å². The summed E-state index contributed by atoms with van der Waals surface area (Å²) in [5, 5.41) is 0. The predicted octanol–water partition coefficient (Wildman–Crippen LogP) is 3.66. The van der Waals surface area contributed by atoms with Gasteiger partial charge in [0.1, 0.15) is 11.4 Å². The number of benzene rings is 1. The summed E-state index contributed by atoms with van der Waals surface area (Å²) in [4.78, 5) is 16.5. The van der Waals surface area contributed by atoms with E-state index >= 15 is 0 Å². The zero-order chi connectivity index (χ0) is 18.9. The largest absolute Gasteiger partial charge is 0.487 e. The average molecular weight is 368 g/mol. The van der Waals surface area contributed by atoms with Gasteiger partial charge >= 0.3 is 0 Å². The molecule has 5 heteroatoms. The van der Waals surface area contributed by atoms with Crippen LogP contribution in [0.5, 0.6) is 5.75 Å². The summed E-state index contributed by atoms with van der Waals surface area (Å²) in [6, 6.07) is 10.3. The highest BCUT2D eigenvalue weighted by atomic mass is 16.5. The number of carbonyl (C=O) groups excluding carboxylic acids is 1. The number of hydrogen-bond donors (Lipinski definition) is 0. The topological polar surface area (TPSA) is 45.9 Å². The van der Waals surface area contributed by atoms with Gasteiger partial charge in [0.15, 0.2) is 0 Å². The van der Waals surface area contributed by atoms with Crippen molar-refractivity contribution in [3.05, 3.63) is 54.0 Å². The van der Waals surface area contributed by atoms with Gasteiger partial charge in [-0.15, -0.1) is 0 Å². The number of furan rings is 1. The van der Waals surface area contributed by atoms with Crippen molar-refractivity contribution in [2.75, 3.05) is 27.2 Å². The Kier molecular flexibility index (Phi) is 4.96. The quantitative estimate of drug-likeness (QED) is 0.826. The van der Waals surface area contributed by atoms with E-state index in [0.29, 0.717) is 6.42 Å². The van der Waals surface area contributed by atoms with Gasteiger partial charge in [-0.05, 0) is 37.0 Å². The molecular weight excluding hydrogens is 340 g/mol. The van der Waals surface area contributed by atoms with E-state index in [1.165, 1.54) is 11.1 Å². The van der Waals surface area contributed by atoms with Gasteiger partial charge in [-0.2, -0.15) is 0 Å². The van der Waals surface area contributed by atoms with Gasteiger partial charge in [-0.1, -0.05) is 18.2 Å². The van der Waals surface area contributed by atoms with E-state index in [0.717, 1.165) is 44.6 Å². The Labute approximate surface area is 160 Å². The molecule has 144 valence electrons. The minimum atomic E-state index is -0.154. The molecule has 2 aromatic rings. The molecule has 1 atom stereocenters. The summed E-state index contributed by atoms with van der Waals surface area (Å²) in [5.74, 6) is 1.37. The van der Waals surface area contributed by atoms with E-state index in [1.807, 2.05) is 38.6 Å².